The van der Waals surface area contributed by atoms with Gasteiger partial charge in [0.05, 0.1) is 5.69 Å². The van der Waals surface area contributed by atoms with Gasteiger partial charge in [0.1, 0.15) is 12.2 Å². The Balaban J connectivity index is 2.18. The van der Waals surface area contributed by atoms with E-state index in [0.29, 0.717) is 5.69 Å². The molecule has 20 heavy (non-hydrogen) atoms. The first-order valence-corrected chi connectivity index (χ1v) is 5.81. The van der Waals surface area contributed by atoms with E-state index < -0.39 is 18.6 Å². The van der Waals surface area contributed by atoms with Crippen molar-refractivity contribution < 1.29 is 18.0 Å². The Hall–Kier alpha value is -2.31. The van der Waals surface area contributed by atoms with Gasteiger partial charge in [-0.2, -0.15) is 18.3 Å². The lowest BCUT2D eigenvalue weighted by molar-refractivity contribution is -0.123. The minimum absolute atomic E-state index is 0.0769. The molecule has 1 aromatic heterocycles. The Morgan fingerprint density at radius 2 is 1.95 bits per heavy atom. The number of amides is 1. The van der Waals surface area contributed by atoms with Crippen LogP contribution in [0.3, 0.4) is 0 Å². The van der Waals surface area contributed by atoms with Gasteiger partial charge < -0.3 is 5.32 Å². The molecule has 0 aliphatic heterocycles. The number of benzene rings is 1. The fourth-order valence-electron chi connectivity index (χ4n) is 1.70. The summed E-state index contributed by atoms with van der Waals surface area (Å²) >= 11 is 0. The molecule has 0 radical (unpaired) electrons. The van der Waals surface area contributed by atoms with Crippen LogP contribution in [0.4, 0.5) is 13.2 Å². The first kappa shape index (κ1) is 14.1. The SMILES string of the molecule is Cn1nc(-c2ccccc2)cc1C(=O)NCC(F)(F)F. The van der Waals surface area contributed by atoms with Gasteiger partial charge in [-0.25, -0.2) is 0 Å². The number of hydrogen-bond donors (Lipinski definition) is 1. The highest BCUT2D eigenvalue weighted by molar-refractivity contribution is 5.93. The van der Waals surface area contributed by atoms with Crippen LogP contribution in [0.2, 0.25) is 0 Å². The molecule has 1 N–H and O–H groups in total. The van der Waals surface area contributed by atoms with E-state index >= 15 is 0 Å². The quantitative estimate of drug-likeness (QED) is 0.940. The standard InChI is InChI=1S/C13H12F3N3O/c1-19-11(12(20)17-8-13(14,15)16)7-10(18-19)9-5-3-2-4-6-9/h2-7H,8H2,1H3,(H,17,20). The average Bonchev–Trinajstić information content (AvgIpc) is 2.78. The molecule has 106 valence electrons. The van der Waals surface area contributed by atoms with Crippen LogP contribution >= 0.6 is 0 Å². The molecular formula is C13H12F3N3O. The van der Waals surface area contributed by atoms with Crippen molar-refractivity contribution in [1.29, 1.82) is 0 Å². The maximum Gasteiger partial charge on any atom is 0.405 e. The normalized spacial score (nSPS) is 11.4. The molecule has 4 nitrogen and oxygen atoms in total. The minimum Gasteiger partial charge on any atom is -0.342 e. The van der Waals surface area contributed by atoms with E-state index in [0.717, 1.165) is 5.56 Å². The number of nitrogens with zero attached hydrogens (tertiary/aromatic N) is 2. The second-order valence-corrected chi connectivity index (χ2v) is 4.20. The van der Waals surface area contributed by atoms with E-state index in [4.69, 9.17) is 0 Å². The molecule has 0 spiro atoms. The van der Waals surface area contributed by atoms with Gasteiger partial charge in [0.2, 0.25) is 0 Å². The lowest BCUT2D eigenvalue weighted by Gasteiger charge is -2.07. The van der Waals surface area contributed by atoms with Gasteiger partial charge in [0.15, 0.2) is 0 Å². The summed E-state index contributed by atoms with van der Waals surface area (Å²) in [5.74, 6) is -0.806. The monoisotopic (exact) mass is 283 g/mol. The summed E-state index contributed by atoms with van der Waals surface area (Å²) in [5.41, 5.74) is 1.40. The fraction of sp³-hybridized carbons (Fsp3) is 0.231. The van der Waals surface area contributed by atoms with Gasteiger partial charge in [0.25, 0.3) is 5.91 Å². The molecule has 0 bridgehead atoms. The van der Waals surface area contributed by atoms with Crippen molar-refractivity contribution in [3.05, 3.63) is 42.1 Å². The summed E-state index contributed by atoms with van der Waals surface area (Å²) in [6.07, 6.45) is -4.43. The van der Waals surface area contributed by atoms with E-state index in [9.17, 15) is 18.0 Å². The Labute approximate surface area is 113 Å². The molecule has 2 aromatic rings. The number of rotatable bonds is 3. The zero-order valence-electron chi connectivity index (χ0n) is 10.6. The lowest BCUT2D eigenvalue weighted by Crippen LogP contribution is -2.34. The Morgan fingerprint density at radius 3 is 2.55 bits per heavy atom. The third-order valence-electron chi connectivity index (χ3n) is 2.63. The summed E-state index contributed by atoms with van der Waals surface area (Å²) in [6, 6.07) is 10.5. The molecule has 1 heterocycles. The van der Waals surface area contributed by atoms with E-state index in [-0.39, 0.29) is 5.69 Å². The molecule has 2 rings (SSSR count). The molecule has 0 aliphatic rings. The predicted octanol–water partition coefficient (Wildman–Crippen LogP) is 2.38. The fourth-order valence-corrected chi connectivity index (χ4v) is 1.70. The van der Waals surface area contributed by atoms with Crippen molar-refractivity contribution in [1.82, 2.24) is 15.1 Å². The molecule has 0 saturated carbocycles. The Bertz CT molecular complexity index is 605. The number of halogens is 3. The van der Waals surface area contributed by atoms with Crippen molar-refractivity contribution in [3.8, 4) is 11.3 Å². The zero-order valence-corrected chi connectivity index (χ0v) is 10.6. The van der Waals surface area contributed by atoms with E-state index in [2.05, 4.69) is 5.10 Å². The number of aromatic nitrogens is 2. The van der Waals surface area contributed by atoms with Crippen LogP contribution < -0.4 is 5.32 Å². The summed E-state index contributed by atoms with van der Waals surface area (Å²) in [5, 5.41) is 5.94. The molecule has 1 amide bonds. The average molecular weight is 283 g/mol. The van der Waals surface area contributed by atoms with Crippen LogP contribution in [-0.2, 0) is 7.05 Å². The lowest BCUT2D eigenvalue weighted by atomic mass is 10.1. The summed E-state index contributed by atoms with van der Waals surface area (Å²) in [4.78, 5) is 11.7. The van der Waals surface area contributed by atoms with Gasteiger partial charge >= 0.3 is 6.18 Å². The molecular weight excluding hydrogens is 271 g/mol. The number of aryl methyl sites for hydroxylation is 1. The third-order valence-corrected chi connectivity index (χ3v) is 2.63. The number of carbonyl (C=O) groups is 1. The van der Waals surface area contributed by atoms with Gasteiger partial charge in [-0.3, -0.25) is 9.48 Å². The second-order valence-electron chi connectivity index (χ2n) is 4.20. The topological polar surface area (TPSA) is 46.9 Å². The predicted molar refractivity (Wildman–Crippen MR) is 67.0 cm³/mol. The first-order chi connectivity index (χ1) is 9.37. The van der Waals surface area contributed by atoms with Gasteiger partial charge in [-0.05, 0) is 6.07 Å². The number of carbonyl (C=O) groups excluding carboxylic acids is 1. The molecule has 0 saturated heterocycles. The maximum atomic E-state index is 12.1. The minimum atomic E-state index is -4.43. The maximum absolute atomic E-state index is 12.1. The van der Waals surface area contributed by atoms with Crippen LogP contribution in [-0.4, -0.2) is 28.4 Å². The van der Waals surface area contributed by atoms with Crippen molar-refractivity contribution in [2.24, 2.45) is 7.05 Å². The second kappa shape index (κ2) is 5.36. The molecule has 0 unspecified atom stereocenters. The third kappa shape index (κ3) is 3.37. The largest absolute Gasteiger partial charge is 0.405 e. The molecule has 0 fully saturated rings. The number of alkyl halides is 3. The summed E-state index contributed by atoms with van der Waals surface area (Å²) in [7, 11) is 1.51. The summed E-state index contributed by atoms with van der Waals surface area (Å²) < 4.78 is 37.5. The van der Waals surface area contributed by atoms with Gasteiger partial charge in [-0.15, -0.1) is 0 Å². The van der Waals surface area contributed by atoms with Crippen molar-refractivity contribution in [2.45, 2.75) is 6.18 Å². The van der Waals surface area contributed by atoms with Crippen LogP contribution in [0.1, 0.15) is 10.5 Å². The van der Waals surface area contributed by atoms with Crippen molar-refractivity contribution in [2.75, 3.05) is 6.54 Å². The highest BCUT2D eigenvalue weighted by Crippen LogP contribution is 2.18. The molecule has 1 aromatic carbocycles. The van der Waals surface area contributed by atoms with E-state index in [1.807, 2.05) is 23.5 Å². The number of hydrogen-bond acceptors (Lipinski definition) is 2. The zero-order chi connectivity index (χ0) is 14.8. The smallest absolute Gasteiger partial charge is 0.342 e. The van der Waals surface area contributed by atoms with E-state index in [1.54, 1.807) is 12.1 Å². The first-order valence-electron chi connectivity index (χ1n) is 5.81. The summed E-state index contributed by atoms with van der Waals surface area (Å²) in [6.45, 7) is -1.36. The van der Waals surface area contributed by atoms with Crippen LogP contribution in [0.5, 0.6) is 0 Å². The molecule has 7 heteroatoms. The molecule has 0 aliphatic carbocycles. The van der Waals surface area contributed by atoms with Crippen LogP contribution in [0, 0.1) is 0 Å². The van der Waals surface area contributed by atoms with Crippen molar-refractivity contribution >= 4 is 5.91 Å². The highest BCUT2D eigenvalue weighted by atomic mass is 19.4. The van der Waals surface area contributed by atoms with Crippen molar-refractivity contribution in [3.63, 3.8) is 0 Å². The number of nitrogens with one attached hydrogen (secondary N) is 1. The van der Waals surface area contributed by atoms with Gasteiger partial charge in [-0.1, -0.05) is 30.3 Å². The Morgan fingerprint density at radius 1 is 1.30 bits per heavy atom. The van der Waals surface area contributed by atoms with E-state index in [1.165, 1.54) is 17.8 Å². The van der Waals surface area contributed by atoms with Crippen LogP contribution in [0.15, 0.2) is 36.4 Å². The highest BCUT2D eigenvalue weighted by Gasteiger charge is 2.28. The van der Waals surface area contributed by atoms with Gasteiger partial charge in [0, 0.05) is 12.6 Å². The van der Waals surface area contributed by atoms with Crippen LogP contribution in [0.25, 0.3) is 11.3 Å². The Kier molecular flexibility index (Phi) is 3.78. The molecule has 0 atom stereocenters.